The van der Waals surface area contributed by atoms with E-state index in [9.17, 15) is 4.79 Å². The van der Waals surface area contributed by atoms with Crippen LogP contribution in [0, 0.1) is 0 Å². The van der Waals surface area contributed by atoms with Crippen molar-refractivity contribution in [1.82, 2.24) is 10.3 Å². The molecular weight excluding hydrogens is 354 g/mol. The molecule has 1 aromatic heterocycles. The monoisotopic (exact) mass is 377 g/mol. The molecule has 2 N–H and O–H groups in total. The predicted octanol–water partition coefficient (Wildman–Crippen LogP) is 3.78. The second kappa shape index (κ2) is 10.1. The lowest BCUT2D eigenvalue weighted by Gasteiger charge is -2.10. The second-order valence-electron chi connectivity index (χ2n) is 6.10. The Labute approximate surface area is 164 Å². The summed E-state index contributed by atoms with van der Waals surface area (Å²) in [5.41, 5.74) is 3.15. The first-order valence-electron chi connectivity index (χ1n) is 9.01. The van der Waals surface area contributed by atoms with Crippen molar-refractivity contribution in [3.05, 3.63) is 84.2 Å². The highest BCUT2D eigenvalue weighted by Crippen LogP contribution is 2.21. The van der Waals surface area contributed by atoms with Gasteiger partial charge in [-0.1, -0.05) is 30.3 Å². The lowest BCUT2D eigenvalue weighted by atomic mass is 10.2. The average molecular weight is 377 g/mol. The Kier molecular flexibility index (Phi) is 6.98. The summed E-state index contributed by atoms with van der Waals surface area (Å²) >= 11 is 0. The van der Waals surface area contributed by atoms with Crippen LogP contribution in [0.2, 0.25) is 0 Å². The molecule has 1 heterocycles. The van der Waals surface area contributed by atoms with Crippen LogP contribution in [0.5, 0.6) is 5.75 Å². The third-order valence-corrected chi connectivity index (χ3v) is 3.98. The normalized spacial score (nSPS) is 10.3. The van der Waals surface area contributed by atoms with Crippen molar-refractivity contribution in [2.75, 3.05) is 25.6 Å². The summed E-state index contributed by atoms with van der Waals surface area (Å²) < 4.78 is 10.7. The standard InChI is InChI=1S/C22H23N3O3/c1-27-14-13-24-22(26)21-15-19(11-12-23-21)25-18-7-9-20(10-8-18)28-16-17-5-3-2-4-6-17/h2-12,15H,13-14,16H2,1H3,(H,23,25)(H,24,26). The molecule has 0 saturated carbocycles. The van der Waals surface area contributed by atoms with Gasteiger partial charge in [-0.3, -0.25) is 9.78 Å². The van der Waals surface area contributed by atoms with E-state index in [4.69, 9.17) is 9.47 Å². The Balaban J connectivity index is 1.56. The first-order valence-corrected chi connectivity index (χ1v) is 9.01. The number of methoxy groups -OCH3 is 1. The zero-order valence-corrected chi connectivity index (χ0v) is 15.7. The Morgan fingerprint density at radius 3 is 2.54 bits per heavy atom. The highest BCUT2D eigenvalue weighted by molar-refractivity contribution is 5.93. The Morgan fingerprint density at radius 2 is 1.79 bits per heavy atom. The lowest BCUT2D eigenvalue weighted by molar-refractivity contribution is 0.0932. The average Bonchev–Trinajstić information content (AvgIpc) is 2.74. The van der Waals surface area contributed by atoms with Gasteiger partial charge in [-0.15, -0.1) is 0 Å². The number of anilines is 2. The molecule has 0 fully saturated rings. The Morgan fingerprint density at radius 1 is 1.00 bits per heavy atom. The van der Waals surface area contributed by atoms with Crippen LogP contribution < -0.4 is 15.4 Å². The predicted molar refractivity (Wildman–Crippen MR) is 109 cm³/mol. The molecule has 0 saturated heterocycles. The van der Waals surface area contributed by atoms with Crippen LogP contribution in [0.3, 0.4) is 0 Å². The fourth-order valence-electron chi connectivity index (χ4n) is 2.53. The van der Waals surface area contributed by atoms with Gasteiger partial charge < -0.3 is 20.1 Å². The smallest absolute Gasteiger partial charge is 0.270 e. The van der Waals surface area contributed by atoms with Crippen LogP contribution in [0.25, 0.3) is 0 Å². The molecule has 0 bridgehead atoms. The number of benzene rings is 2. The van der Waals surface area contributed by atoms with E-state index in [0.29, 0.717) is 25.5 Å². The molecule has 144 valence electrons. The van der Waals surface area contributed by atoms with Crippen molar-refractivity contribution in [2.45, 2.75) is 6.61 Å². The minimum Gasteiger partial charge on any atom is -0.489 e. The summed E-state index contributed by atoms with van der Waals surface area (Å²) in [6, 6.07) is 21.2. The Hall–Kier alpha value is -3.38. The number of carbonyl (C=O) groups excluding carboxylic acids is 1. The van der Waals surface area contributed by atoms with Gasteiger partial charge in [0, 0.05) is 31.2 Å². The Bertz CT molecular complexity index is 883. The zero-order chi connectivity index (χ0) is 19.6. The van der Waals surface area contributed by atoms with Crippen molar-refractivity contribution in [3.63, 3.8) is 0 Å². The zero-order valence-electron chi connectivity index (χ0n) is 15.7. The van der Waals surface area contributed by atoms with Crippen LogP contribution in [0.4, 0.5) is 11.4 Å². The molecule has 6 heteroatoms. The SMILES string of the molecule is COCCNC(=O)c1cc(Nc2ccc(OCc3ccccc3)cc2)ccn1. The van der Waals surface area contributed by atoms with Gasteiger partial charge in [-0.25, -0.2) is 0 Å². The lowest BCUT2D eigenvalue weighted by Crippen LogP contribution is -2.27. The van der Waals surface area contributed by atoms with E-state index in [1.54, 1.807) is 19.4 Å². The maximum atomic E-state index is 12.1. The third-order valence-electron chi connectivity index (χ3n) is 3.98. The first-order chi connectivity index (χ1) is 13.7. The van der Waals surface area contributed by atoms with Crippen LogP contribution in [0.15, 0.2) is 72.9 Å². The van der Waals surface area contributed by atoms with Gasteiger partial charge in [0.25, 0.3) is 5.91 Å². The molecule has 0 aliphatic carbocycles. The number of aromatic nitrogens is 1. The van der Waals surface area contributed by atoms with E-state index in [1.165, 1.54) is 0 Å². The molecule has 3 rings (SSSR count). The van der Waals surface area contributed by atoms with Crippen molar-refractivity contribution >= 4 is 17.3 Å². The highest BCUT2D eigenvalue weighted by Gasteiger charge is 2.07. The van der Waals surface area contributed by atoms with E-state index < -0.39 is 0 Å². The molecule has 2 aromatic carbocycles. The highest BCUT2D eigenvalue weighted by atomic mass is 16.5. The fourth-order valence-corrected chi connectivity index (χ4v) is 2.53. The molecule has 0 unspecified atom stereocenters. The van der Waals surface area contributed by atoms with Gasteiger partial charge in [0.15, 0.2) is 0 Å². The number of carbonyl (C=O) groups is 1. The number of rotatable bonds is 9. The molecule has 1 amide bonds. The van der Waals surface area contributed by atoms with Gasteiger partial charge in [0.1, 0.15) is 18.1 Å². The maximum Gasteiger partial charge on any atom is 0.270 e. The molecule has 3 aromatic rings. The van der Waals surface area contributed by atoms with Gasteiger partial charge in [0.05, 0.1) is 6.61 Å². The van der Waals surface area contributed by atoms with Crippen LogP contribution in [-0.4, -0.2) is 31.2 Å². The third kappa shape index (κ3) is 5.82. The molecule has 0 aliphatic heterocycles. The molecule has 0 radical (unpaired) electrons. The number of nitrogens with one attached hydrogen (secondary N) is 2. The van der Waals surface area contributed by atoms with Crippen LogP contribution in [0.1, 0.15) is 16.1 Å². The molecule has 0 spiro atoms. The van der Waals surface area contributed by atoms with E-state index >= 15 is 0 Å². The molecule has 6 nitrogen and oxygen atoms in total. The minimum absolute atomic E-state index is 0.231. The number of hydrogen-bond acceptors (Lipinski definition) is 5. The summed E-state index contributed by atoms with van der Waals surface area (Å²) in [4.78, 5) is 16.2. The van der Waals surface area contributed by atoms with Crippen molar-refractivity contribution in [1.29, 1.82) is 0 Å². The minimum atomic E-state index is -0.231. The second-order valence-corrected chi connectivity index (χ2v) is 6.10. The molecule has 0 aliphatic rings. The number of hydrogen-bond donors (Lipinski definition) is 2. The van der Waals surface area contributed by atoms with Gasteiger partial charge in [-0.05, 0) is 42.0 Å². The van der Waals surface area contributed by atoms with E-state index in [0.717, 1.165) is 22.7 Å². The molecule has 0 atom stereocenters. The first kappa shape index (κ1) is 19.4. The van der Waals surface area contributed by atoms with Crippen molar-refractivity contribution < 1.29 is 14.3 Å². The quantitative estimate of drug-likeness (QED) is 0.555. The van der Waals surface area contributed by atoms with Crippen LogP contribution >= 0.6 is 0 Å². The topological polar surface area (TPSA) is 72.5 Å². The summed E-state index contributed by atoms with van der Waals surface area (Å²) in [5.74, 6) is 0.563. The summed E-state index contributed by atoms with van der Waals surface area (Å²) in [5, 5.41) is 6.02. The summed E-state index contributed by atoms with van der Waals surface area (Å²) in [6.45, 7) is 1.43. The summed E-state index contributed by atoms with van der Waals surface area (Å²) in [7, 11) is 1.59. The van der Waals surface area contributed by atoms with Gasteiger partial charge in [-0.2, -0.15) is 0 Å². The van der Waals surface area contributed by atoms with Crippen molar-refractivity contribution in [2.24, 2.45) is 0 Å². The van der Waals surface area contributed by atoms with Gasteiger partial charge >= 0.3 is 0 Å². The van der Waals surface area contributed by atoms with E-state index in [-0.39, 0.29) is 5.91 Å². The molecular formula is C22H23N3O3. The molecule has 28 heavy (non-hydrogen) atoms. The number of nitrogens with zero attached hydrogens (tertiary/aromatic N) is 1. The van der Waals surface area contributed by atoms with Crippen LogP contribution in [-0.2, 0) is 11.3 Å². The largest absolute Gasteiger partial charge is 0.489 e. The maximum absolute atomic E-state index is 12.1. The van der Waals surface area contributed by atoms with Gasteiger partial charge in [0.2, 0.25) is 0 Å². The number of ether oxygens (including phenoxy) is 2. The fraction of sp³-hybridized carbons (Fsp3) is 0.182. The van der Waals surface area contributed by atoms with E-state index in [1.807, 2.05) is 60.7 Å². The van der Waals surface area contributed by atoms with E-state index in [2.05, 4.69) is 15.6 Å². The van der Waals surface area contributed by atoms with Crippen molar-refractivity contribution in [3.8, 4) is 5.75 Å². The number of amides is 1. The number of pyridine rings is 1. The summed E-state index contributed by atoms with van der Waals surface area (Å²) in [6.07, 6.45) is 1.60.